The molecule has 1 N–H and O–H groups in total. The molecule has 0 heterocycles. The molecule has 0 saturated heterocycles. The van der Waals surface area contributed by atoms with Gasteiger partial charge in [-0.05, 0) is 49.9 Å². The minimum atomic E-state index is -0.475. The van der Waals surface area contributed by atoms with Crippen molar-refractivity contribution < 1.29 is 8.78 Å². The predicted molar refractivity (Wildman–Crippen MR) is 64.9 cm³/mol. The molecule has 0 radical (unpaired) electrons. The Bertz CT molecular complexity index is 358. The average molecular weight is 239 g/mol. The molecule has 17 heavy (non-hydrogen) atoms. The fraction of sp³-hybridized carbons (Fsp3) is 0.571. The lowest BCUT2D eigenvalue weighted by Gasteiger charge is -2.31. The molecule has 2 atom stereocenters. The summed E-state index contributed by atoms with van der Waals surface area (Å²) < 4.78 is 26.2. The van der Waals surface area contributed by atoms with Crippen LogP contribution in [0.25, 0.3) is 0 Å². The van der Waals surface area contributed by atoms with Crippen LogP contribution in [0.3, 0.4) is 0 Å². The Morgan fingerprint density at radius 2 is 1.76 bits per heavy atom. The maximum atomic E-state index is 13.1. The first-order valence-corrected chi connectivity index (χ1v) is 6.31. The van der Waals surface area contributed by atoms with E-state index in [4.69, 9.17) is 0 Å². The van der Waals surface area contributed by atoms with Gasteiger partial charge >= 0.3 is 0 Å². The third-order valence-electron chi connectivity index (χ3n) is 3.70. The number of rotatable bonds is 3. The highest BCUT2D eigenvalue weighted by molar-refractivity contribution is 5.18. The van der Waals surface area contributed by atoms with Gasteiger partial charge in [0.15, 0.2) is 0 Å². The summed E-state index contributed by atoms with van der Waals surface area (Å²) in [6, 6.07) is 4.31. The number of benzene rings is 1. The van der Waals surface area contributed by atoms with E-state index in [9.17, 15) is 8.78 Å². The van der Waals surface area contributed by atoms with Crippen LogP contribution >= 0.6 is 0 Å². The molecule has 2 rings (SSSR count). The molecule has 2 unspecified atom stereocenters. The van der Waals surface area contributed by atoms with E-state index >= 15 is 0 Å². The quantitative estimate of drug-likeness (QED) is 0.853. The van der Waals surface area contributed by atoms with Crippen molar-refractivity contribution in [2.24, 2.45) is 5.92 Å². The lowest BCUT2D eigenvalue weighted by molar-refractivity contribution is 0.272. The molecule has 1 saturated carbocycles. The summed E-state index contributed by atoms with van der Waals surface area (Å²) in [6.45, 7) is 0. The predicted octanol–water partition coefficient (Wildman–Crippen LogP) is 3.29. The Kier molecular flexibility index (Phi) is 4.11. The van der Waals surface area contributed by atoms with Gasteiger partial charge in [0.25, 0.3) is 0 Å². The Balaban J connectivity index is 2.08. The third-order valence-corrected chi connectivity index (χ3v) is 3.70. The van der Waals surface area contributed by atoms with Crippen LogP contribution in [0.1, 0.15) is 31.2 Å². The summed E-state index contributed by atoms with van der Waals surface area (Å²) in [5, 5.41) is 3.32. The van der Waals surface area contributed by atoms with Crippen LogP contribution < -0.4 is 5.32 Å². The summed E-state index contributed by atoms with van der Waals surface area (Å²) in [6.07, 6.45) is 5.54. The normalized spacial score (nSPS) is 24.9. The summed E-state index contributed by atoms with van der Waals surface area (Å²) >= 11 is 0. The molecular formula is C14H19F2N. The van der Waals surface area contributed by atoms with E-state index in [1.54, 1.807) is 0 Å². The van der Waals surface area contributed by atoms with Crippen molar-refractivity contribution in [3.8, 4) is 0 Å². The molecule has 1 aromatic rings. The first-order valence-electron chi connectivity index (χ1n) is 6.31. The summed E-state index contributed by atoms with van der Waals surface area (Å²) in [4.78, 5) is 0. The van der Waals surface area contributed by atoms with Gasteiger partial charge in [-0.1, -0.05) is 12.8 Å². The van der Waals surface area contributed by atoms with Crippen molar-refractivity contribution in [2.75, 3.05) is 7.05 Å². The van der Waals surface area contributed by atoms with Crippen molar-refractivity contribution >= 4 is 0 Å². The number of hydrogen-bond acceptors (Lipinski definition) is 1. The Morgan fingerprint density at radius 1 is 1.12 bits per heavy atom. The highest BCUT2D eigenvalue weighted by Gasteiger charge is 2.23. The van der Waals surface area contributed by atoms with E-state index in [1.807, 2.05) is 7.05 Å². The van der Waals surface area contributed by atoms with Gasteiger partial charge in [-0.25, -0.2) is 8.78 Å². The van der Waals surface area contributed by atoms with Gasteiger partial charge < -0.3 is 5.32 Å². The van der Waals surface area contributed by atoms with Crippen LogP contribution in [-0.2, 0) is 6.42 Å². The molecule has 0 bridgehead atoms. The Hall–Kier alpha value is -0.960. The number of halogens is 2. The molecular weight excluding hydrogens is 220 g/mol. The molecule has 1 fully saturated rings. The van der Waals surface area contributed by atoms with Gasteiger partial charge in [0.1, 0.15) is 11.6 Å². The molecule has 0 spiro atoms. The molecule has 94 valence electrons. The van der Waals surface area contributed by atoms with Crippen LogP contribution in [-0.4, -0.2) is 13.1 Å². The minimum Gasteiger partial charge on any atom is -0.317 e. The van der Waals surface area contributed by atoms with Gasteiger partial charge in [-0.3, -0.25) is 0 Å². The largest absolute Gasteiger partial charge is 0.317 e. The minimum absolute atomic E-state index is 0.475. The number of nitrogens with one attached hydrogen (secondary N) is 1. The third kappa shape index (κ3) is 3.25. The molecule has 0 amide bonds. The zero-order valence-electron chi connectivity index (χ0n) is 10.2. The maximum absolute atomic E-state index is 13.1. The van der Waals surface area contributed by atoms with E-state index in [0.29, 0.717) is 12.0 Å². The monoisotopic (exact) mass is 239 g/mol. The highest BCUT2D eigenvalue weighted by atomic mass is 19.1. The standard InChI is InChI=1S/C14H19F2N/c1-17-14-5-3-2-4-11(14)6-10-7-12(15)9-13(16)8-10/h7-9,11,14,17H,2-6H2,1H3. The highest BCUT2D eigenvalue weighted by Crippen LogP contribution is 2.27. The Labute approximate surface area is 101 Å². The molecule has 0 aromatic heterocycles. The van der Waals surface area contributed by atoms with Crippen molar-refractivity contribution in [3.05, 3.63) is 35.4 Å². The second-order valence-electron chi connectivity index (χ2n) is 4.92. The molecule has 1 aromatic carbocycles. The van der Waals surface area contributed by atoms with Gasteiger partial charge in [0.2, 0.25) is 0 Å². The van der Waals surface area contributed by atoms with Gasteiger partial charge in [-0.2, -0.15) is 0 Å². The van der Waals surface area contributed by atoms with Gasteiger partial charge in [0.05, 0.1) is 0 Å². The van der Waals surface area contributed by atoms with Crippen molar-refractivity contribution in [2.45, 2.75) is 38.1 Å². The molecule has 1 aliphatic rings. The van der Waals surface area contributed by atoms with E-state index in [1.165, 1.54) is 31.4 Å². The van der Waals surface area contributed by atoms with Crippen LogP contribution in [0.15, 0.2) is 18.2 Å². The summed E-state index contributed by atoms with van der Waals surface area (Å²) in [7, 11) is 1.97. The maximum Gasteiger partial charge on any atom is 0.126 e. The molecule has 3 heteroatoms. The van der Waals surface area contributed by atoms with Crippen LogP contribution in [0, 0.1) is 17.6 Å². The van der Waals surface area contributed by atoms with E-state index < -0.39 is 11.6 Å². The lowest BCUT2D eigenvalue weighted by Crippen LogP contribution is -2.37. The van der Waals surface area contributed by atoms with E-state index in [2.05, 4.69) is 5.32 Å². The second-order valence-corrected chi connectivity index (χ2v) is 4.92. The zero-order chi connectivity index (χ0) is 12.3. The first-order chi connectivity index (χ1) is 8.19. The summed E-state index contributed by atoms with van der Waals surface area (Å²) in [5.74, 6) is -0.455. The number of hydrogen-bond donors (Lipinski definition) is 1. The van der Waals surface area contributed by atoms with E-state index in [-0.39, 0.29) is 0 Å². The fourth-order valence-corrected chi connectivity index (χ4v) is 2.86. The lowest BCUT2D eigenvalue weighted by atomic mass is 9.81. The fourth-order valence-electron chi connectivity index (χ4n) is 2.86. The SMILES string of the molecule is CNC1CCCCC1Cc1cc(F)cc(F)c1. The van der Waals surface area contributed by atoms with Gasteiger partial charge in [-0.15, -0.1) is 0 Å². The Morgan fingerprint density at radius 3 is 2.41 bits per heavy atom. The van der Waals surface area contributed by atoms with Crippen LogP contribution in [0.2, 0.25) is 0 Å². The smallest absolute Gasteiger partial charge is 0.126 e. The van der Waals surface area contributed by atoms with Crippen molar-refractivity contribution in [3.63, 3.8) is 0 Å². The second kappa shape index (κ2) is 5.58. The molecule has 1 aliphatic carbocycles. The zero-order valence-corrected chi connectivity index (χ0v) is 10.2. The van der Waals surface area contributed by atoms with Crippen molar-refractivity contribution in [1.82, 2.24) is 5.32 Å². The summed E-state index contributed by atoms with van der Waals surface area (Å²) in [5.41, 5.74) is 0.773. The topological polar surface area (TPSA) is 12.0 Å². The van der Waals surface area contributed by atoms with Crippen molar-refractivity contribution in [1.29, 1.82) is 0 Å². The average Bonchev–Trinajstić information content (AvgIpc) is 2.28. The van der Waals surface area contributed by atoms with Crippen LogP contribution in [0.4, 0.5) is 8.78 Å². The van der Waals surface area contributed by atoms with E-state index in [0.717, 1.165) is 24.5 Å². The molecule has 0 aliphatic heterocycles. The van der Waals surface area contributed by atoms with Gasteiger partial charge in [0, 0.05) is 12.1 Å². The van der Waals surface area contributed by atoms with Crippen LogP contribution in [0.5, 0.6) is 0 Å². The molecule has 1 nitrogen and oxygen atoms in total. The first kappa shape index (κ1) is 12.5.